The molecular weight excluding hydrogens is 361 g/mol. The molecule has 1 atom stereocenters. The quantitative estimate of drug-likeness (QED) is 0.783. The standard InChI is InChI=1S/C19H17F3N2O3/c20-19(21,22)27-15-8-6-14(7-9-15)23-16-12-17(25)24(18(16)26)11-10-13-4-2-1-3-5-13/h1-9,16,23H,10-12H2/t16-/m0/s1. The molecule has 8 heteroatoms. The van der Waals surface area contributed by atoms with E-state index >= 15 is 0 Å². The van der Waals surface area contributed by atoms with Crippen molar-refractivity contribution >= 4 is 17.5 Å². The molecule has 0 unspecified atom stereocenters. The van der Waals surface area contributed by atoms with Crippen molar-refractivity contribution in [3.63, 3.8) is 0 Å². The van der Waals surface area contributed by atoms with Gasteiger partial charge < -0.3 is 10.1 Å². The van der Waals surface area contributed by atoms with Crippen LogP contribution in [0.1, 0.15) is 12.0 Å². The first kappa shape index (κ1) is 18.8. The molecule has 0 aromatic heterocycles. The van der Waals surface area contributed by atoms with Gasteiger partial charge in [0.1, 0.15) is 11.8 Å². The highest BCUT2D eigenvalue weighted by molar-refractivity contribution is 6.06. The largest absolute Gasteiger partial charge is 0.573 e. The first-order valence-corrected chi connectivity index (χ1v) is 8.32. The van der Waals surface area contributed by atoms with Crippen molar-refractivity contribution in [3.05, 3.63) is 60.2 Å². The van der Waals surface area contributed by atoms with E-state index in [-0.39, 0.29) is 30.5 Å². The summed E-state index contributed by atoms with van der Waals surface area (Å²) >= 11 is 0. The number of nitrogens with one attached hydrogen (secondary N) is 1. The van der Waals surface area contributed by atoms with Crippen LogP contribution in [-0.2, 0) is 16.0 Å². The maximum atomic E-state index is 12.5. The number of carbonyl (C=O) groups excluding carboxylic acids is 2. The molecule has 5 nitrogen and oxygen atoms in total. The molecule has 1 aliphatic heterocycles. The lowest BCUT2D eigenvalue weighted by Gasteiger charge is -2.16. The number of hydrogen-bond donors (Lipinski definition) is 1. The van der Waals surface area contributed by atoms with Crippen molar-refractivity contribution in [2.45, 2.75) is 25.2 Å². The van der Waals surface area contributed by atoms with E-state index in [9.17, 15) is 22.8 Å². The number of carbonyl (C=O) groups is 2. The number of halogens is 3. The highest BCUT2D eigenvalue weighted by atomic mass is 19.4. The van der Waals surface area contributed by atoms with E-state index in [1.54, 1.807) is 0 Å². The Morgan fingerprint density at radius 1 is 1.04 bits per heavy atom. The van der Waals surface area contributed by atoms with Crippen LogP contribution in [0.25, 0.3) is 0 Å². The van der Waals surface area contributed by atoms with E-state index in [0.717, 1.165) is 17.7 Å². The Balaban J connectivity index is 1.58. The average molecular weight is 378 g/mol. The molecule has 0 bridgehead atoms. The Hall–Kier alpha value is -3.03. The van der Waals surface area contributed by atoms with E-state index in [0.29, 0.717) is 12.1 Å². The summed E-state index contributed by atoms with van der Waals surface area (Å²) in [5, 5.41) is 2.89. The maximum absolute atomic E-state index is 12.5. The average Bonchev–Trinajstić information content (AvgIpc) is 2.88. The van der Waals surface area contributed by atoms with Gasteiger partial charge in [-0.05, 0) is 36.2 Å². The molecule has 1 heterocycles. The fourth-order valence-corrected chi connectivity index (χ4v) is 2.87. The Morgan fingerprint density at radius 3 is 2.33 bits per heavy atom. The van der Waals surface area contributed by atoms with Crippen LogP contribution in [0, 0.1) is 0 Å². The van der Waals surface area contributed by atoms with Crippen LogP contribution in [-0.4, -0.2) is 35.7 Å². The zero-order valence-electron chi connectivity index (χ0n) is 14.2. The van der Waals surface area contributed by atoms with Crippen LogP contribution in [0.2, 0.25) is 0 Å². The monoisotopic (exact) mass is 378 g/mol. The fraction of sp³-hybridized carbons (Fsp3) is 0.263. The zero-order valence-corrected chi connectivity index (χ0v) is 14.2. The molecule has 1 aliphatic rings. The van der Waals surface area contributed by atoms with Gasteiger partial charge in [0.2, 0.25) is 5.91 Å². The number of hydrogen-bond acceptors (Lipinski definition) is 4. The molecule has 3 rings (SSSR count). The topological polar surface area (TPSA) is 58.6 Å². The molecule has 142 valence electrons. The predicted molar refractivity (Wildman–Crippen MR) is 92.0 cm³/mol. The molecule has 0 radical (unpaired) electrons. The van der Waals surface area contributed by atoms with Crippen LogP contribution in [0.15, 0.2) is 54.6 Å². The van der Waals surface area contributed by atoms with Crippen LogP contribution >= 0.6 is 0 Å². The number of anilines is 1. The van der Waals surface area contributed by atoms with Gasteiger partial charge in [0.25, 0.3) is 5.91 Å². The highest BCUT2D eigenvalue weighted by Crippen LogP contribution is 2.25. The summed E-state index contributed by atoms with van der Waals surface area (Å²) in [7, 11) is 0. The number of amides is 2. The molecule has 0 spiro atoms. The van der Waals surface area contributed by atoms with Gasteiger partial charge in [-0.3, -0.25) is 14.5 Å². The predicted octanol–water partition coefficient (Wildman–Crippen LogP) is 3.37. The summed E-state index contributed by atoms with van der Waals surface area (Å²) in [5.74, 6) is -0.969. The highest BCUT2D eigenvalue weighted by Gasteiger charge is 2.38. The lowest BCUT2D eigenvalue weighted by atomic mass is 10.1. The molecule has 2 amide bonds. The van der Waals surface area contributed by atoms with E-state index in [2.05, 4.69) is 10.1 Å². The normalized spacial score (nSPS) is 17.3. The molecule has 1 fully saturated rings. The minimum atomic E-state index is -4.76. The van der Waals surface area contributed by atoms with E-state index in [1.165, 1.54) is 17.0 Å². The summed E-state index contributed by atoms with van der Waals surface area (Å²) in [6.07, 6.45) is -4.19. The first-order valence-electron chi connectivity index (χ1n) is 8.32. The second-order valence-electron chi connectivity index (χ2n) is 6.09. The first-order chi connectivity index (χ1) is 12.8. The van der Waals surface area contributed by atoms with Crippen LogP contribution in [0.5, 0.6) is 5.75 Å². The molecule has 27 heavy (non-hydrogen) atoms. The molecule has 1 saturated heterocycles. The smallest absolute Gasteiger partial charge is 0.406 e. The number of ether oxygens (including phenoxy) is 1. The summed E-state index contributed by atoms with van der Waals surface area (Å²) in [6, 6.07) is 13.8. The Labute approximate surface area is 153 Å². The molecule has 0 saturated carbocycles. The number of imide groups is 1. The molecule has 1 N–H and O–H groups in total. The SMILES string of the molecule is O=C1C[C@H](Nc2ccc(OC(F)(F)F)cc2)C(=O)N1CCc1ccccc1. The number of likely N-dealkylation sites (tertiary alicyclic amines) is 1. The van der Waals surface area contributed by atoms with Crippen molar-refractivity contribution < 1.29 is 27.5 Å². The molecule has 0 aliphatic carbocycles. The van der Waals surface area contributed by atoms with Gasteiger partial charge in [-0.25, -0.2) is 0 Å². The second-order valence-corrected chi connectivity index (χ2v) is 6.09. The second kappa shape index (κ2) is 7.69. The fourth-order valence-electron chi connectivity index (χ4n) is 2.87. The third-order valence-electron chi connectivity index (χ3n) is 4.14. The summed E-state index contributed by atoms with van der Waals surface area (Å²) in [6.45, 7) is 0.290. The van der Waals surface area contributed by atoms with Crippen molar-refractivity contribution in [2.24, 2.45) is 0 Å². The third-order valence-corrected chi connectivity index (χ3v) is 4.14. The van der Waals surface area contributed by atoms with Gasteiger partial charge in [0.05, 0.1) is 6.42 Å². The van der Waals surface area contributed by atoms with Gasteiger partial charge in [-0.15, -0.1) is 13.2 Å². The van der Waals surface area contributed by atoms with Crippen LogP contribution < -0.4 is 10.1 Å². The van der Waals surface area contributed by atoms with Crippen molar-refractivity contribution in [1.29, 1.82) is 0 Å². The van der Waals surface area contributed by atoms with E-state index in [4.69, 9.17) is 0 Å². The van der Waals surface area contributed by atoms with Crippen molar-refractivity contribution in [1.82, 2.24) is 4.90 Å². The van der Waals surface area contributed by atoms with E-state index in [1.807, 2.05) is 30.3 Å². The number of nitrogens with zero attached hydrogens (tertiary/aromatic N) is 1. The minimum absolute atomic E-state index is 0.00836. The van der Waals surface area contributed by atoms with Gasteiger partial charge in [-0.1, -0.05) is 30.3 Å². The lowest BCUT2D eigenvalue weighted by molar-refractivity contribution is -0.274. The number of rotatable bonds is 6. The van der Waals surface area contributed by atoms with Gasteiger partial charge >= 0.3 is 6.36 Å². The molecule has 2 aromatic rings. The maximum Gasteiger partial charge on any atom is 0.573 e. The van der Waals surface area contributed by atoms with Crippen LogP contribution in [0.4, 0.5) is 18.9 Å². The Kier molecular flexibility index (Phi) is 5.34. The Bertz CT molecular complexity index is 807. The van der Waals surface area contributed by atoms with Crippen molar-refractivity contribution in [2.75, 3.05) is 11.9 Å². The Morgan fingerprint density at radius 2 is 1.70 bits per heavy atom. The summed E-state index contributed by atoms with van der Waals surface area (Å²) in [4.78, 5) is 25.8. The third kappa shape index (κ3) is 4.99. The van der Waals surface area contributed by atoms with Crippen molar-refractivity contribution in [3.8, 4) is 5.75 Å². The zero-order chi connectivity index (χ0) is 19.4. The molecular formula is C19H17F3N2O3. The van der Waals surface area contributed by atoms with Crippen LogP contribution in [0.3, 0.4) is 0 Å². The van der Waals surface area contributed by atoms with Gasteiger partial charge in [0, 0.05) is 12.2 Å². The van der Waals surface area contributed by atoms with E-state index < -0.39 is 12.4 Å². The molecule has 2 aromatic carbocycles. The minimum Gasteiger partial charge on any atom is -0.406 e. The lowest BCUT2D eigenvalue weighted by Crippen LogP contribution is -2.36. The summed E-state index contributed by atoms with van der Waals surface area (Å²) in [5.41, 5.74) is 1.45. The van der Waals surface area contributed by atoms with Gasteiger partial charge in [-0.2, -0.15) is 0 Å². The van der Waals surface area contributed by atoms with Gasteiger partial charge in [0.15, 0.2) is 0 Å². The summed E-state index contributed by atoms with van der Waals surface area (Å²) < 4.78 is 40.3. The number of benzene rings is 2. The number of alkyl halides is 3.